The van der Waals surface area contributed by atoms with Gasteiger partial charge in [-0.2, -0.15) is 5.26 Å². The zero-order valence-corrected chi connectivity index (χ0v) is 23.9. The molecule has 3 aliphatic heterocycles. The van der Waals surface area contributed by atoms with Gasteiger partial charge in [0.05, 0.1) is 46.5 Å². The molecule has 9 nitrogen and oxygen atoms in total. The number of nitrogens with one attached hydrogen (secondary N) is 1. The molecule has 2 N–H and O–H groups in total. The van der Waals surface area contributed by atoms with Gasteiger partial charge in [0.2, 0.25) is 5.91 Å². The molecule has 4 heterocycles. The number of nitriles is 1. The van der Waals surface area contributed by atoms with E-state index in [1.807, 2.05) is 19.2 Å². The van der Waals surface area contributed by atoms with Crippen LogP contribution in [0.5, 0.6) is 0 Å². The van der Waals surface area contributed by atoms with Gasteiger partial charge in [-0.3, -0.25) is 4.79 Å². The number of hydrogen-bond donors (Lipinski definition) is 2. The van der Waals surface area contributed by atoms with E-state index in [1.165, 1.54) is 16.7 Å². The highest BCUT2D eigenvalue weighted by atomic mass is 79.9. The SMILES string of the molecule is CSc1nc2c(F)c(Br)c(CCC#N)cc2c(N[C@H]2[C@@H]3C[C@H]2N(C(=O)O)C3)c1C#C[C@@H](C)N1CCOCC1=O. The monoisotopic (exact) mass is 615 g/mol. The van der Waals surface area contributed by atoms with Crippen LogP contribution in [0.4, 0.5) is 14.9 Å². The van der Waals surface area contributed by atoms with Gasteiger partial charge in [-0.15, -0.1) is 11.8 Å². The number of aryl methyl sites for hydroxylation is 1. The maximum Gasteiger partial charge on any atom is 0.407 e. The Morgan fingerprint density at radius 2 is 2.28 bits per heavy atom. The van der Waals surface area contributed by atoms with Crippen LogP contribution < -0.4 is 5.32 Å². The van der Waals surface area contributed by atoms with Gasteiger partial charge in [0, 0.05) is 30.8 Å². The highest BCUT2D eigenvalue weighted by Crippen LogP contribution is 2.45. The van der Waals surface area contributed by atoms with E-state index in [2.05, 4.69) is 44.1 Å². The highest BCUT2D eigenvalue weighted by Gasteiger charge is 2.54. The topological polar surface area (TPSA) is 119 Å². The first-order chi connectivity index (χ1) is 18.7. The summed E-state index contributed by atoms with van der Waals surface area (Å²) >= 11 is 4.69. The van der Waals surface area contributed by atoms with Crippen molar-refractivity contribution in [3.63, 3.8) is 0 Å². The molecule has 2 bridgehead atoms. The lowest BCUT2D eigenvalue weighted by Crippen LogP contribution is -2.49. The fourth-order valence-corrected chi connectivity index (χ4v) is 6.61. The molecule has 4 atom stereocenters. The zero-order valence-electron chi connectivity index (χ0n) is 21.5. The van der Waals surface area contributed by atoms with Crippen molar-refractivity contribution in [1.82, 2.24) is 14.8 Å². The molecular weight excluding hydrogens is 589 g/mol. The lowest BCUT2D eigenvalue weighted by atomic mass is 9.79. The van der Waals surface area contributed by atoms with Gasteiger partial charge in [-0.25, -0.2) is 14.2 Å². The summed E-state index contributed by atoms with van der Waals surface area (Å²) in [7, 11) is 0. The Bertz CT molecular complexity index is 1450. The van der Waals surface area contributed by atoms with Crippen molar-refractivity contribution in [1.29, 1.82) is 5.26 Å². The maximum absolute atomic E-state index is 15.7. The Hall–Kier alpha value is -3.06. The number of carboxylic acid groups (broad SMARTS) is 1. The number of ether oxygens (including phenoxy) is 1. The average Bonchev–Trinajstić information content (AvgIpc) is 3.52. The van der Waals surface area contributed by atoms with E-state index in [0.29, 0.717) is 53.3 Å². The van der Waals surface area contributed by atoms with Gasteiger partial charge in [-0.1, -0.05) is 11.8 Å². The number of rotatable bonds is 6. The van der Waals surface area contributed by atoms with Crippen molar-refractivity contribution in [3.05, 3.63) is 27.5 Å². The van der Waals surface area contributed by atoms with Crippen LogP contribution in [-0.4, -0.2) is 82.6 Å². The van der Waals surface area contributed by atoms with Gasteiger partial charge in [0.1, 0.15) is 17.1 Å². The number of hydrogen-bond acceptors (Lipinski definition) is 7. The Labute approximate surface area is 238 Å². The van der Waals surface area contributed by atoms with Crippen LogP contribution in [0.3, 0.4) is 0 Å². The standard InChI is InChI=1S/C27H27BrFN5O4S/c1-14(33-8-9-38-13-20(33)35)5-6-17-24(31-23-16-11-19(23)34(12-16)27(36)37)18-10-15(4-3-7-30)21(28)22(29)25(18)32-26(17)39-2/h10,14,16,19,23H,3-4,8-9,11-13H2,1-2H3,(H,31,32)(H,36,37)/t14-,16-,19-,23+/m1/s1. The molecule has 0 radical (unpaired) electrons. The number of pyridine rings is 1. The molecule has 6 rings (SSSR count). The molecule has 39 heavy (non-hydrogen) atoms. The maximum atomic E-state index is 15.7. The number of aromatic nitrogens is 1. The van der Waals surface area contributed by atoms with E-state index in [0.717, 1.165) is 6.42 Å². The molecular formula is C27H27BrFN5O4S. The molecule has 3 saturated heterocycles. The molecule has 1 saturated carbocycles. The van der Waals surface area contributed by atoms with E-state index in [9.17, 15) is 14.7 Å². The second-order valence-corrected chi connectivity index (χ2v) is 11.4. The number of amides is 2. The number of anilines is 1. The van der Waals surface area contributed by atoms with E-state index in [4.69, 9.17) is 10.00 Å². The number of carbonyl (C=O) groups excluding carboxylic acids is 1. The first kappa shape index (κ1) is 27.5. The Balaban J connectivity index is 1.64. The van der Waals surface area contributed by atoms with Crippen LogP contribution in [0.1, 0.15) is 30.9 Å². The van der Waals surface area contributed by atoms with E-state index >= 15 is 4.39 Å². The Morgan fingerprint density at radius 1 is 1.49 bits per heavy atom. The third kappa shape index (κ3) is 5.02. The van der Waals surface area contributed by atoms with Crippen molar-refractivity contribution in [3.8, 4) is 17.9 Å². The van der Waals surface area contributed by atoms with E-state index in [-0.39, 0.29) is 53.0 Å². The highest BCUT2D eigenvalue weighted by molar-refractivity contribution is 9.10. The molecule has 4 aliphatic rings. The zero-order chi connectivity index (χ0) is 27.8. The normalized spacial score (nSPS) is 22.6. The largest absolute Gasteiger partial charge is 0.465 e. The summed E-state index contributed by atoms with van der Waals surface area (Å²) in [5.41, 5.74) is 1.97. The van der Waals surface area contributed by atoms with Gasteiger partial charge >= 0.3 is 6.09 Å². The van der Waals surface area contributed by atoms with Crippen molar-refractivity contribution >= 4 is 56.3 Å². The Morgan fingerprint density at radius 3 is 2.95 bits per heavy atom. The van der Waals surface area contributed by atoms with Gasteiger partial charge in [0.15, 0.2) is 5.82 Å². The number of nitrogens with zero attached hydrogens (tertiary/aromatic N) is 4. The lowest BCUT2D eigenvalue weighted by molar-refractivity contribution is -0.143. The third-order valence-corrected chi connectivity index (χ3v) is 9.19. The predicted molar refractivity (Wildman–Crippen MR) is 148 cm³/mol. The molecule has 2 amide bonds. The summed E-state index contributed by atoms with van der Waals surface area (Å²) in [6.45, 7) is 3.22. The number of thioether (sulfide) groups is 1. The number of morpholine rings is 1. The molecule has 0 unspecified atom stereocenters. The van der Waals surface area contributed by atoms with Gasteiger partial charge < -0.3 is 25.0 Å². The predicted octanol–water partition coefficient (Wildman–Crippen LogP) is 4.08. The summed E-state index contributed by atoms with van der Waals surface area (Å²) in [6.07, 6.45) is 2.24. The molecule has 1 aromatic carbocycles. The second kappa shape index (κ2) is 11.2. The molecule has 12 heteroatoms. The molecule has 1 aliphatic carbocycles. The summed E-state index contributed by atoms with van der Waals surface area (Å²) in [5, 5.41) is 23.3. The van der Waals surface area contributed by atoms with Crippen LogP contribution in [0.25, 0.3) is 10.9 Å². The lowest BCUT2D eigenvalue weighted by Gasteiger charge is -2.37. The summed E-state index contributed by atoms with van der Waals surface area (Å²) in [6, 6.07) is 3.23. The number of halogens is 2. The smallest absolute Gasteiger partial charge is 0.407 e. The van der Waals surface area contributed by atoms with Gasteiger partial charge in [0.25, 0.3) is 0 Å². The van der Waals surface area contributed by atoms with Crippen LogP contribution in [0, 0.1) is 34.9 Å². The minimum atomic E-state index is -0.950. The van der Waals surface area contributed by atoms with Crippen LogP contribution in [0.2, 0.25) is 0 Å². The first-order valence-electron chi connectivity index (χ1n) is 12.7. The summed E-state index contributed by atoms with van der Waals surface area (Å²) in [5.74, 6) is 5.90. The average molecular weight is 617 g/mol. The van der Waals surface area contributed by atoms with E-state index < -0.39 is 11.9 Å². The van der Waals surface area contributed by atoms with Crippen molar-refractivity contribution in [2.24, 2.45) is 5.92 Å². The molecule has 1 aromatic heterocycles. The molecule has 4 fully saturated rings. The molecule has 204 valence electrons. The first-order valence-corrected chi connectivity index (χ1v) is 14.7. The summed E-state index contributed by atoms with van der Waals surface area (Å²) < 4.78 is 21.2. The fraction of sp³-hybridized carbons (Fsp3) is 0.481. The molecule has 2 aromatic rings. The van der Waals surface area contributed by atoms with Crippen LogP contribution in [0.15, 0.2) is 15.6 Å². The van der Waals surface area contributed by atoms with Crippen molar-refractivity contribution < 1.29 is 23.8 Å². The second-order valence-electron chi connectivity index (χ2n) is 9.84. The minimum absolute atomic E-state index is 0.0244. The minimum Gasteiger partial charge on any atom is -0.465 e. The number of carbonyl (C=O) groups is 2. The van der Waals surface area contributed by atoms with Crippen LogP contribution >= 0.6 is 27.7 Å². The van der Waals surface area contributed by atoms with Crippen molar-refractivity contribution in [2.75, 3.05) is 37.9 Å². The number of fused-ring (bicyclic) bond motifs is 2. The quantitative estimate of drug-likeness (QED) is 0.369. The summed E-state index contributed by atoms with van der Waals surface area (Å²) in [4.78, 5) is 31.8. The van der Waals surface area contributed by atoms with Gasteiger partial charge in [-0.05, 0) is 53.6 Å². The third-order valence-electron chi connectivity index (χ3n) is 7.65. The van der Waals surface area contributed by atoms with E-state index in [1.54, 1.807) is 4.90 Å². The Kier molecular flexibility index (Phi) is 7.90. The van der Waals surface area contributed by atoms with Crippen LogP contribution in [-0.2, 0) is 16.0 Å². The fourth-order valence-electron chi connectivity index (χ4n) is 5.57. The molecule has 0 spiro atoms. The number of benzene rings is 1. The van der Waals surface area contributed by atoms with Crippen molar-refractivity contribution in [2.45, 2.75) is 49.3 Å².